The summed E-state index contributed by atoms with van der Waals surface area (Å²) in [7, 11) is -4.15. The lowest BCUT2D eigenvalue weighted by Crippen LogP contribution is -2.51. The molecule has 0 aromatic heterocycles. The van der Waals surface area contributed by atoms with Crippen LogP contribution in [0.2, 0.25) is 5.02 Å². The number of anilines is 1. The van der Waals surface area contributed by atoms with Gasteiger partial charge >= 0.3 is 0 Å². The van der Waals surface area contributed by atoms with Gasteiger partial charge in [0.1, 0.15) is 12.6 Å². The summed E-state index contributed by atoms with van der Waals surface area (Å²) in [6.07, 6.45) is 0. The summed E-state index contributed by atoms with van der Waals surface area (Å²) in [6.45, 7) is 7.50. The van der Waals surface area contributed by atoms with E-state index in [1.165, 1.54) is 29.2 Å². The summed E-state index contributed by atoms with van der Waals surface area (Å²) in [4.78, 5) is 28.4. The number of nitrogens with zero attached hydrogens (tertiary/aromatic N) is 2. The summed E-state index contributed by atoms with van der Waals surface area (Å²) in [5, 5.41) is 3.28. The van der Waals surface area contributed by atoms with Crippen LogP contribution in [0.25, 0.3) is 0 Å². The minimum absolute atomic E-state index is 0.00476. The van der Waals surface area contributed by atoms with Gasteiger partial charge in [-0.25, -0.2) is 8.42 Å². The van der Waals surface area contributed by atoms with E-state index in [1.54, 1.807) is 38.1 Å². The number of sulfonamides is 1. The summed E-state index contributed by atoms with van der Waals surface area (Å²) < 4.78 is 29.7. The van der Waals surface area contributed by atoms with Crippen LogP contribution >= 0.6 is 27.5 Å². The number of hydrogen-bond donors (Lipinski definition) is 1. The zero-order chi connectivity index (χ0) is 28.7. The van der Waals surface area contributed by atoms with Crippen LogP contribution in [0.3, 0.4) is 0 Å². The van der Waals surface area contributed by atoms with Crippen LogP contribution in [0.4, 0.5) is 5.69 Å². The van der Waals surface area contributed by atoms with Crippen molar-refractivity contribution in [2.75, 3.05) is 17.4 Å². The molecule has 0 heterocycles. The average Bonchev–Trinajstić information content (AvgIpc) is 2.90. The Kier molecular flexibility index (Phi) is 10.6. The lowest BCUT2D eigenvalue weighted by Gasteiger charge is -2.32. The number of benzene rings is 3. The monoisotopic (exact) mass is 633 g/mol. The van der Waals surface area contributed by atoms with Gasteiger partial charge in [0.2, 0.25) is 11.8 Å². The Labute approximate surface area is 244 Å². The highest BCUT2D eigenvalue weighted by molar-refractivity contribution is 9.10. The summed E-state index contributed by atoms with van der Waals surface area (Å²) in [6, 6.07) is 19.4. The van der Waals surface area contributed by atoms with Crippen LogP contribution in [-0.2, 0) is 26.2 Å². The van der Waals surface area contributed by atoms with E-state index in [9.17, 15) is 18.0 Å². The zero-order valence-electron chi connectivity index (χ0n) is 22.4. The predicted octanol–water partition coefficient (Wildman–Crippen LogP) is 5.80. The minimum atomic E-state index is -4.15. The molecule has 1 atom stereocenters. The molecular formula is C29H33BrClN3O4S. The SMILES string of the molecule is Cc1ccccc1N(CC(=O)N(Cc1ccc(Br)cc1)[C@H](C)C(=O)NCC(C)C)S(=O)(=O)c1ccc(Cl)cc1. The summed E-state index contributed by atoms with van der Waals surface area (Å²) >= 11 is 9.41. The maximum atomic E-state index is 13.9. The van der Waals surface area contributed by atoms with Gasteiger partial charge in [-0.2, -0.15) is 0 Å². The fraction of sp³-hybridized carbons (Fsp3) is 0.310. The molecular weight excluding hydrogens is 602 g/mol. The van der Waals surface area contributed by atoms with Crippen molar-refractivity contribution in [2.24, 2.45) is 5.92 Å². The van der Waals surface area contributed by atoms with Crippen LogP contribution in [0.5, 0.6) is 0 Å². The van der Waals surface area contributed by atoms with Crippen LogP contribution in [0, 0.1) is 12.8 Å². The van der Waals surface area contributed by atoms with Crippen molar-refractivity contribution in [3.05, 3.63) is 93.4 Å². The first-order chi connectivity index (χ1) is 18.4. The predicted molar refractivity (Wildman–Crippen MR) is 159 cm³/mol. The third kappa shape index (κ3) is 8.06. The molecule has 2 amide bonds. The van der Waals surface area contributed by atoms with Crippen molar-refractivity contribution in [3.8, 4) is 0 Å². The molecule has 0 fully saturated rings. The smallest absolute Gasteiger partial charge is 0.264 e. The van der Waals surface area contributed by atoms with Gasteiger partial charge in [-0.1, -0.05) is 71.7 Å². The maximum absolute atomic E-state index is 13.9. The van der Waals surface area contributed by atoms with Crippen molar-refractivity contribution >= 4 is 55.1 Å². The number of amides is 2. The summed E-state index contributed by atoms with van der Waals surface area (Å²) in [5.41, 5.74) is 1.87. The Bertz CT molecular complexity index is 1400. The second-order valence-corrected chi connectivity index (χ2v) is 12.9. The van der Waals surface area contributed by atoms with Gasteiger partial charge in [0.05, 0.1) is 10.6 Å². The molecule has 3 aromatic carbocycles. The van der Waals surface area contributed by atoms with E-state index in [2.05, 4.69) is 21.2 Å². The van der Waals surface area contributed by atoms with Crippen molar-refractivity contribution in [1.29, 1.82) is 0 Å². The van der Waals surface area contributed by atoms with E-state index in [-0.39, 0.29) is 23.3 Å². The lowest BCUT2D eigenvalue weighted by atomic mass is 10.1. The van der Waals surface area contributed by atoms with Crippen LogP contribution in [0.1, 0.15) is 31.9 Å². The van der Waals surface area contributed by atoms with Gasteiger partial charge in [0.15, 0.2) is 0 Å². The highest BCUT2D eigenvalue weighted by atomic mass is 79.9. The van der Waals surface area contributed by atoms with E-state index in [1.807, 2.05) is 38.1 Å². The van der Waals surface area contributed by atoms with Crippen LogP contribution < -0.4 is 9.62 Å². The quantitative estimate of drug-likeness (QED) is 0.289. The first-order valence-corrected chi connectivity index (χ1v) is 15.2. The number of hydrogen-bond acceptors (Lipinski definition) is 4. The number of carbonyl (C=O) groups excluding carboxylic acids is 2. The molecule has 0 aliphatic carbocycles. The van der Waals surface area contributed by atoms with Crippen molar-refractivity contribution in [1.82, 2.24) is 10.2 Å². The largest absolute Gasteiger partial charge is 0.354 e. The fourth-order valence-electron chi connectivity index (χ4n) is 3.91. The van der Waals surface area contributed by atoms with Crippen LogP contribution in [-0.4, -0.2) is 44.3 Å². The van der Waals surface area contributed by atoms with E-state index in [0.717, 1.165) is 14.3 Å². The molecule has 208 valence electrons. The van der Waals surface area contributed by atoms with Gasteiger partial charge in [-0.3, -0.25) is 13.9 Å². The highest BCUT2D eigenvalue weighted by Gasteiger charge is 2.33. The van der Waals surface area contributed by atoms with Gasteiger partial charge in [0.25, 0.3) is 10.0 Å². The molecule has 0 saturated carbocycles. The number of aryl methyl sites for hydroxylation is 1. The molecule has 10 heteroatoms. The first kappa shape index (κ1) is 30.7. The van der Waals surface area contributed by atoms with Gasteiger partial charge in [-0.05, 0) is 73.4 Å². The molecule has 7 nitrogen and oxygen atoms in total. The third-order valence-electron chi connectivity index (χ3n) is 6.18. The van der Waals surface area contributed by atoms with Crippen LogP contribution in [0.15, 0.2) is 82.2 Å². The number of nitrogens with one attached hydrogen (secondary N) is 1. The van der Waals surface area contributed by atoms with E-state index in [0.29, 0.717) is 22.8 Å². The first-order valence-electron chi connectivity index (χ1n) is 12.6. The molecule has 0 spiro atoms. The molecule has 0 aliphatic heterocycles. The third-order valence-corrected chi connectivity index (χ3v) is 8.74. The fourth-order valence-corrected chi connectivity index (χ4v) is 5.78. The number of para-hydroxylation sites is 1. The van der Waals surface area contributed by atoms with Gasteiger partial charge in [-0.15, -0.1) is 0 Å². The van der Waals surface area contributed by atoms with Gasteiger partial charge in [0, 0.05) is 22.6 Å². The Balaban J connectivity index is 2.02. The highest BCUT2D eigenvalue weighted by Crippen LogP contribution is 2.28. The van der Waals surface area contributed by atoms with Gasteiger partial charge < -0.3 is 10.2 Å². The lowest BCUT2D eigenvalue weighted by molar-refractivity contribution is -0.139. The van der Waals surface area contributed by atoms with Crippen molar-refractivity contribution in [2.45, 2.75) is 45.2 Å². The maximum Gasteiger partial charge on any atom is 0.264 e. The standard InChI is InChI=1S/C29H33BrClN3O4S/c1-20(2)17-32-29(36)22(4)33(18-23-9-11-24(30)12-10-23)28(35)19-34(27-8-6-5-7-21(27)3)39(37,38)26-15-13-25(31)14-16-26/h5-16,20,22H,17-19H2,1-4H3,(H,32,36)/t22-/m1/s1. The molecule has 3 rings (SSSR count). The molecule has 0 saturated heterocycles. The number of halogens is 2. The molecule has 39 heavy (non-hydrogen) atoms. The topological polar surface area (TPSA) is 86.8 Å². The zero-order valence-corrected chi connectivity index (χ0v) is 25.6. The van der Waals surface area contributed by atoms with E-state index >= 15 is 0 Å². The Morgan fingerprint density at radius 2 is 1.56 bits per heavy atom. The van der Waals surface area contributed by atoms with Crippen molar-refractivity contribution < 1.29 is 18.0 Å². The molecule has 3 aromatic rings. The van der Waals surface area contributed by atoms with Crippen molar-refractivity contribution in [3.63, 3.8) is 0 Å². The second-order valence-electron chi connectivity index (χ2n) is 9.72. The molecule has 1 N–H and O–H groups in total. The minimum Gasteiger partial charge on any atom is -0.354 e. The number of carbonyl (C=O) groups is 2. The Morgan fingerprint density at radius 3 is 2.15 bits per heavy atom. The molecule has 0 unspecified atom stereocenters. The summed E-state index contributed by atoms with van der Waals surface area (Å²) in [5.74, 6) is -0.582. The average molecular weight is 635 g/mol. The second kappa shape index (κ2) is 13.5. The Morgan fingerprint density at radius 1 is 0.949 bits per heavy atom. The van der Waals surface area contributed by atoms with E-state index in [4.69, 9.17) is 11.6 Å². The normalized spacial score (nSPS) is 12.2. The molecule has 0 bridgehead atoms. The number of rotatable bonds is 11. The van der Waals surface area contributed by atoms with E-state index < -0.39 is 28.5 Å². The molecule has 0 radical (unpaired) electrons. The molecule has 0 aliphatic rings. The Hall–Kier alpha value is -2.88.